The smallest absolute Gasteiger partial charge is 0.307 e. The van der Waals surface area contributed by atoms with Crippen LogP contribution >= 0.6 is 11.8 Å². The normalized spacial score (nSPS) is 26.5. The van der Waals surface area contributed by atoms with Gasteiger partial charge in [0.1, 0.15) is 0 Å². The molecule has 0 aliphatic heterocycles. The summed E-state index contributed by atoms with van der Waals surface area (Å²) in [5.74, 6) is -0.382. The van der Waals surface area contributed by atoms with Crippen LogP contribution in [0.3, 0.4) is 0 Å². The van der Waals surface area contributed by atoms with E-state index in [1.807, 2.05) is 20.8 Å². The molecule has 0 aromatic carbocycles. The molecule has 1 aromatic rings. The van der Waals surface area contributed by atoms with Crippen LogP contribution in [0.4, 0.5) is 0 Å². The van der Waals surface area contributed by atoms with Gasteiger partial charge in [-0.05, 0) is 51.5 Å². The number of carboxylic acid groups (broad SMARTS) is 1. The number of hydrogen-bond acceptors (Lipinski definition) is 4. The quantitative estimate of drug-likeness (QED) is 0.866. The fraction of sp³-hybridized carbons (Fsp3) is 0.667. The van der Waals surface area contributed by atoms with Gasteiger partial charge in [-0.15, -0.1) is 0 Å². The first-order chi connectivity index (χ1) is 9.38. The van der Waals surface area contributed by atoms with Crippen LogP contribution in [-0.2, 0) is 4.79 Å². The van der Waals surface area contributed by atoms with Crippen molar-refractivity contribution in [3.05, 3.63) is 17.0 Å². The van der Waals surface area contributed by atoms with Gasteiger partial charge in [-0.1, -0.05) is 18.7 Å². The van der Waals surface area contributed by atoms with Gasteiger partial charge in [0.15, 0.2) is 5.16 Å². The molecule has 0 saturated heterocycles. The predicted octanol–water partition coefficient (Wildman–Crippen LogP) is 3.38. The Hall–Kier alpha value is -1.10. The molecule has 4 nitrogen and oxygen atoms in total. The molecule has 3 atom stereocenters. The fourth-order valence-electron chi connectivity index (χ4n) is 2.67. The molecule has 0 amide bonds. The molecule has 1 aromatic heterocycles. The number of rotatable bonds is 3. The van der Waals surface area contributed by atoms with E-state index >= 15 is 0 Å². The zero-order chi connectivity index (χ0) is 14.9. The summed E-state index contributed by atoms with van der Waals surface area (Å²) in [7, 11) is 0. The van der Waals surface area contributed by atoms with E-state index in [4.69, 9.17) is 0 Å². The molecule has 5 heteroatoms. The zero-order valence-electron chi connectivity index (χ0n) is 12.5. The molecule has 0 spiro atoms. The first-order valence-electron chi connectivity index (χ1n) is 7.09. The summed E-state index contributed by atoms with van der Waals surface area (Å²) in [5.41, 5.74) is 3.08. The lowest BCUT2D eigenvalue weighted by Crippen LogP contribution is -2.32. The summed E-state index contributed by atoms with van der Waals surface area (Å²) >= 11 is 1.54. The van der Waals surface area contributed by atoms with E-state index in [9.17, 15) is 9.90 Å². The van der Waals surface area contributed by atoms with Crippen molar-refractivity contribution in [1.82, 2.24) is 9.97 Å². The van der Waals surface area contributed by atoms with Crippen molar-refractivity contribution in [3.63, 3.8) is 0 Å². The standard InChI is InChI=1S/C15H22N2O2S/c1-8-5-6-12(14(18)19)13(7-8)20-15-16-10(3)9(2)11(4)17-15/h8,12-13H,5-7H2,1-4H3,(H,18,19). The molecule has 1 fully saturated rings. The Kier molecular flexibility index (Phi) is 4.68. The Labute approximate surface area is 124 Å². The SMILES string of the molecule is Cc1nc(SC2CC(C)CCC2C(=O)O)nc(C)c1C. The number of hydrogen-bond donors (Lipinski definition) is 1. The summed E-state index contributed by atoms with van der Waals surface area (Å²) in [6, 6.07) is 0. The van der Waals surface area contributed by atoms with Gasteiger partial charge in [-0.3, -0.25) is 4.79 Å². The average molecular weight is 294 g/mol. The highest BCUT2D eigenvalue weighted by Gasteiger charge is 2.34. The number of aliphatic carboxylic acids is 1. The average Bonchev–Trinajstić information content (AvgIpc) is 2.35. The van der Waals surface area contributed by atoms with Crippen molar-refractivity contribution in [2.75, 3.05) is 0 Å². The van der Waals surface area contributed by atoms with Crippen molar-refractivity contribution in [2.45, 2.75) is 57.4 Å². The van der Waals surface area contributed by atoms with Gasteiger partial charge in [0.05, 0.1) is 5.92 Å². The maximum Gasteiger partial charge on any atom is 0.307 e. The lowest BCUT2D eigenvalue weighted by atomic mass is 9.82. The highest BCUT2D eigenvalue weighted by atomic mass is 32.2. The summed E-state index contributed by atoms with van der Waals surface area (Å²) in [6.45, 7) is 8.17. The number of thioether (sulfide) groups is 1. The molecule has 0 bridgehead atoms. The van der Waals surface area contributed by atoms with Crippen LogP contribution in [0.1, 0.15) is 43.1 Å². The second-order valence-corrected chi connectivity index (χ2v) is 7.03. The number of nitrogens with zero attached hydrogens (tertiary/aromatic N) is 2. The van der Waals surface area contributed by atoms with E-state index in [0.717, 1.165) is 41.4 Å². The summed E-state index contributed by atoms with van der Waals surface area (Å²) in [4.78, 5) is 20.4. The molecule has 0 radical (unpaired) electrons. The Morgan fingerprint density at radius 1 is 1.20 bits per heavy atom. The van der Waals surface area contributed by atoms with Crippen LogP contribution in [0.15, 0.2) is 5.16 Å². The third kappa shape index (κ3) is 3.32. The summed E-state index contributed by atoms with van der Waals surface area (Å²) in [5, 5.41) is 10.2. The van der Waals surface area contributed by atoms with E-state index in [1.165, 1.54) is 11.8 Å². The van der Waals surface area contributed by atoms with Crippen molar-refractivity contribution in [2.24, 2.45) is 11.8 Å². The predicted molar refractivity (Wildman–Crippen MR) is 80.0 cm³/mol. The number of carboxylic acids is 1. The van der Waals surface area contributed by atoms with Gasteiger partial charge in [0.2, 0.25) is 0 Å². The van der Waals surface area contributed by atoms with Gasteiger partial charge in [-0.2, -0.15) is 0 Å². The van der Waals surface area contributed by atoms with Crippen molar-refractivity contribution in [3.8, 4) is 0 Å². The molecule has 1 aliphatic rings. The van der Waals surface area contributed by atoms with Gasteiger partial charge < -0.3 is 5.11 Å². The highest BCUT2D eigenvalue weighted by molar-refractivity contribution is 7.99. The molecular weight excluding hydrogens is 272 g/mol. The molecule has 2 rings (SSSR count). The first kappa shape index (κ1) is 15.3. The largest absolute Gasteiger partial charge is 0.481 e. The highest BCUT2D eigenvalue weighted by Crippen LogP contribution is 2.39. The Bertz CT molecular complexity index is 496. The van der Waals surface area contributed by atoms with E-state index < -0.39 is 5.97 Å². The fourth-order valence-corrected chi connectivity index (χ4v) is 4.16. The number of aryl methyl sites for hydroxylation is 2. The molecule has 1 heterocycles. The molecule has 1 N–H and O–H groups in total. The van der Waals surface area contributed by atoms with Crippen LogP contribution < -0.4 is 0 Å². The van der Waals surface area contributed by atoms with E-state index in [1.54, 1.807) is 0 Å². The minimum atomic E-state index is -0.685. The molecule has 20 heavy (non-hydrogen) atoms. The van der Waals surface area contributed by atoms with Gasteiger partial charge in [-0.25, -0.2) is 9.97 Å². The second kappa shape index (κ2) is 6.12. The first-order valence-corrected chi connectivity index (χ1v) is 7.97. The Morgan fingerprint density at radius 2 is 1.80 bits per heavy atom. The summed E-state index contributed by atoms with van der Waals surface area (Å²) < 4.78 is 0. The van der Waals surface area contributed by atoms with Crippen LogP contribution in [0.2, 0.25) is 0 Å². The van der Waals surface area contributed by atoms with Gasteiger partial charge in [0.25, 0.3) is 0 Å². The maximum absolute atomic E-state index is 11.4. The summed E-state index contributed by atoms with van der Waals surface area (Å²) in [6.07, 6.45) is 2.69. The third-order valence-corrected chi connectivity index (χ3v) is 5.46. The van der Waals surface area contributed by atoms with Gasteiger partial charge >= 0.3 is 5.97 Å². The van der Waals surface area contributed by atoms with Crippen LogP contribution in [0, 0.1) is 32.6 Å². The minimum absolute atomic E-state index is 0.0813. The van der Waals surface area contributed by atoms with Crippen LogP contribution in [-0.4, -0.2) is 26.3 Å². The van der Waals surface area contributed by atoms with Crippen LogP contribution in [0.5, 0.6) is 0 Å². The zero-order valence-corrected chi connectivity index (χ0v) is 13.3. The monoisotopic (exact) mass is 294 g/mol. The lowest BCUT2D eigenvalue weighted by molar-refractivity contribution is -0.142. The van der Waals surface area contributed by atoms with E-state index in [0.29, 0.717) is 5.92 Å². The van der Waals surface area contributed by atoms with Crippen molar-refractivity contribution in [1.29, 1.82) is 0 Å². The Balaban J connectivity index is 2.20. The minimum Gasteiger partial charge on any atom is -0.481 e. The molecule has 3 unspecified atom stereocenters. The second-order valence-electron chi connectivity index (χ2n) is 5.82. The third-order valence-electron chi connectivity index (χ3n) is 4.24. The topological polar surface area (TPSA) is 63.1 Å². The number of aromatic nitrogens is 2. The molecule has 1 saturated carbocycles. The van der Waals surface area contributed by atoms with Crippen LogP contribution in [0.25, 0.3) is 0 Å². The van der Waals surface area contributed by atoms with E-state index in [-0.39, 0.29) is 11.2 Å². The molecule has 1 aliphatic carbocycles. The molecule has 110 valence electrons. The lowest BCUT2D eigenvalue weighted by Gasteiger charge is -2.31. The Morgan fingerprint density at radius 3 is 2.35 bits per heavy atom. The van der Waals surface area contributed by atoms with Gasteiger partial charge in [0, 0.05) is 16.6 Å². The maximum atomic E-state index is 11.4. The molecular formula is C15H22N2O2S. The van der Waals surface area contributed by atoms with Crippen molar-refractivity contribution >= 4 is 17.7 Å². The van der Waals surface area contributed by atoms with Crippen molar-refractivity contribution < 1.29 is 9.90 Å². The number of carbonyl (C=O) groups is 1. The van der Waals surface area contributed by atoms with E-state index in [2.05, 4.69) is 16.9 Å².